The van der Waals surface area contributed by atoms with Crippen LogP contribution in [0.15, 0.2) is 0 Å². The summed E-state index contributed by atoms with van der Waals surface area (Å²) in [5, 5.41) is 12.0. The first kappa shape index (κ1) is 20.9. The topological polar surface area (TPSA) is 51.4 Å². The zero-order valence-electron chi connectivity index (χ0n) is 17.0. The number of nitrogens with zero attached hydrogens (tertiary/aromatic N) is 1. The number of nitrogens with one attached hydrogen (secondary N) is 4. The molecule has 7 atom stereocenters. The van der Waals surface area contributed by atoms with Crippen molar-refractivity contribution in [1.29, 1.82) is 0 Å². The smallest absolute Gasteiger partial charge is 0.0690 e. The third-order valence-electron chi connectivity index (χ3n) is 7.04. The zero-order valence-corrected chi connectivity index (χ0v) is 19.4. The molecule has 4 heterocycles. The van der Waals surface area contributed by atoms with Crippen molar-refractivity contribution >= 4 is 27.9 Å². The predicted molar refractivity (Wildman–Crippen MR) is 119 cm³/mol. The maximum Gasteiger partial charge on any atom is 0.0690 e. The van der Waals surface area contributed by atoms with Gasteiger partial charge in [-0.3, -0.25) is 20.3 Å². The van der Waals surface area contributed by atoms with Crippen molar-refractivity contribution in [1.82, 2.24) is 25.6 Å². The summed E-state index contributed by atoms with van der Waals surface area (Å²) in [7, 11) is 0. The summed E-state index contributed by atoms with van der Waals surface area (Å²) in [4.78, 5) is 3.25. The maximum atomic E-state index is 3.90. The summed E-state index contributed by atoms with van der Waals surface area (Å²) >= 11 is 5.78. The lowest BCUT2D eigenvalue weighted by Crippen LogP contribution is -2.60. The Morgan fingerprint density at radius 1 is 1.04 bits per heavy atom. The summed E-state index contributed by atoms with van der Waals surface area (Å²) < 4.78 is 3.75. The van der Waals surface area contributed by atoms with Crippen LogP contribution in [0.3, 0.4) is 0 Å². The van der Waals surface area contributed by atoms with E-state index in [9.17, 15) is 0 Å². The highest BCUT2D eigenvalue weighted by Gasteiger charge is 2.45. The molecule has 0 spiro atoms. The molecule has 4 N–H and O–H groups in total. The Kier molecular flexibility index (Phi) is 7.11. The molecule has 0 radical (unpaired) electrons. The fourth-order valence-corrected chi connectivity index (χ4v) is 7.22. The summed E-state index contributed by atoms with van der Waals surface area (Å²) in [6, 6.07) is 0. The fraction of sp³-hybridized carbons (Fsp3) is 1.00. The molecule has 4 aliphatic rings. The van der Waals surface area contributed by atoms with E-state index in [-0.39, 0.29) is 0 Å². The minimum absolute atomic E-state index is 0.292. The quantitative estimate of drug-likeness (QED) is 0.253. The number of fused-ring (bicyclic) bond motifs is 6. The maximum absolute atomic E-state index is 3.90. The molecule has 7 heteroatoms. The second-order valence-corrected chi connectivity index (χ2v) is 11.9. The Morgan fingerprint density at radius 3 is 2.81 bits per heavy atom. The van der Waals surface area contributed by atoms with E-state index in [1.165, 1.54) is 57.9 Å². The molecule has 27 heavy (non-hydrogen) atoms. The highest BCUT2D eigenvalue weighted by Crippen LogP contribution is 2.39. The van der Waals surface area contributed by atoms with Gasteiger partial charge in [-0.15, -0.1) is 0 Å². The van der Waals surface area contributed by atoms with Crippen molar-refractivity contribution < 1.29 is 0 Å². The summed E-state index contributed by atoms with van der Waals surface area (Å²) in [5.41, 5.74) is 0.292. The van der Waals surface area contributed by atoms with Crippen molar-refractivity contribution in [2.45, 2.75) is 93.4 Å². The van der Waals surface area contributed by atoms with Gasteiger partial charge in [-0.2, -0.15) is 0 Å². The molecule has 4 saturated heterocycles. The Morgan fingerprint density at radius 2 is 1.93 bits per heavy atom. The Balaban J connectivity index is 1.48. The molecule has 0 aliphatic carbocycles. The van der Waals surface area contributed by atoms with E-state index in [4.69, 9.17) is 0 Å². The molecule has 4 rings (SSSR count). The van der Waals surface area contributed by atoms with Gasteiger partial charge in [-0.05, 0) is 77.7 Å². The van der Waals surface area contributed by atoms with Crippen molar-refractivity contribution in [3.8, 4) is 0 Å². The van der Waals surface area contributed by atoms with Gasteiger partial charge >= 0.3 is 0 Å². The van der Waals surface area contributed by atoms with E-state index in [2.05, 4.69) is 55.3 Å². The average Bonchev–Trinajstić information content (AvgIpc) is 2.94. The molecular formula is C20H38BrN5S. The molecule has 0 amide bonds. The number of alkyl halides is 1. The summed E-state index contributed by atoms with van der Waals surface area (Å²) in [5.74, 6) is 1.51. The van der Waals surface area contributed by atoms with Crippen LogP contribution < -0.4 is 20.7 Å². The van der Waals surface area contributed by atoms with Gasteiger partial charge in [-0.25, -0.2) is 0 Å². The molecule has 4 aliphatic heterocycles. The second kappa shape index (κ2) is 9.19. The molecule has 0 saturated carbocycles. The van der Waals surface area contributed by atoms with Crippen LogP contribution in [-0.4, -0.2) is 52.7 Å². The lowest BCUT2D eigenvalue weighted by atomic mass is 9.91. The fourth-order valence-electron chi connectivity index (χ4n) is 5.65. The van der Waals surface area contributed by atoms with E-state index < -0.39 is 0 Å². The Labute approximate surface area is 178 Å². The highest BCUT2D eigenvalue weighted by molar-refractivity contribution is 9.09. The van der Waals surface area contributed by atoms with Gasteiger partial charge in [0.15, 0.2) is 0 Å². The number of hydrogen-bond donors (Lipinski definition) is 4. The summed E-state index contributed by atoms with van der Waals surface area (Å²) in [6.07, 6.45) is 11.3. The van der Waals surface area contributed by atoms with E-state index in [1.807, 2.05) is 11.9 Å². The first-order valence-electron chi connectivity index (χ1n) is 11.1. The molecule has 0 aromatic heterocycles. The average molecular weight is 461 g/mol. The van der Waals surface area contributed by atoms with Crippen molar-refractivity contribution in [2.75, 3.05) is 19.6 Å². The van der Waals surface area contributed by atoms with Crippen molar-refractivity contribution in [2.24, 2.45) is 11.8 Å². The van der Waals surface area contributed by atoms with E-state index in [1.54, 1.807) is 0 Å². The lowest BCUT2D eigenvalue weighted by Gasteiger charge is -2.46. The van der Waals surface area contributed by atoms with Gasteiger partial charge in [0.2, 0.25) is 0 Å². The van der Waals surface area contributed by atoms with Crippen LogP contribution in [0.2, 0.25) is 0 Å². The Bertz CT molecular complexity index is 493. The first-order valence-corrected chi connectivity index (χ1v) is 12.9. The van der Waals surface area contributed by atoms with E-state index >= 15 is 0 Å². The monoisotopic (exact) mass is 459 g/mol. The number of piperidine rings is 2. The molecule has 156 valence electrons. The first-order chi connectivity index (χ1) is 13.0. The normalized spacial score (nSPS) is 46.1. The summed E-state index contributed by atoms with van der Waals surface area (Å²) in [6.45, 7) is 8.41. The standard InChI is InChI=1S/C20H38BrN5S/c1-20(2)11-14-5-4-10-22-17-6-3-7-18(25-17)27-23-12-15-8-9-16(21)24-19(15)26(20)13-14/h14-19,22-25H,3-13H2,1-2H3/t14-,15?,16?,17?,18?,19?/m0/s1. The van der Waals surface area contributed by atoms with Crippen molar-refractivity contribution in [3.63, 3.8) is 0 Å². The number of halogens is 1. The van der Waals surface area contributed by atoms with Crippen LogP contribution in [0.1, 0.15) is 65.2 Å². The van der Waals surface area contributed by atoms with Crippen LogP contribution in [-0.2, 0) is 0 Å². The predicted octanol–water partition coefficient (Wildman–Crippen LogP) is 3.18. The SMILES string of the molecule is CC1(C)C[C@@H]2CCCNC3CCCC(N3)SNCC3CCC(Br)NC3N1C2. The van der Waals surface area contributed by atoms with Crippen LogP contribution in [0.4, 0.5) is 0 Å². The van der Waals surface area contributed by atoms with Gasteiger partial charge in [0.1, 0.15) is 0 Å². The highest BCUT2D eigenvalue weighted by atomic mass is 79.9. The largest absolute Gasteiger partial charge is 0.302 e. The van der Waals surface area contributed by atoms with Gasteiger partial charge in [-0.1, -0.05) is 27.9 Å². The van der Waals surface area contributed by atoms with Crippen LogP contribution in [0, 0.1) is 11.8 Å². The molecule has 6 unspecified atom stereocenters. The molecule has 5 nitrogen and oxygen atoms in total. The molecule has 0 aromatic rings. The van der Waals surface area contributed by atoms with Gasteiger partial charge in [0, 0.05) is 24.5 Å². The lowest BCUT2D eigenvalue weighted by molar-refractivity contribution is 0.0344. The minimum Gasteiger partial charge on any atom is -0.302 e. The molecule has 0 aromatic carbocycles. The van der Waals surface area contributed by atoms with Gasteiger partial charge < -0.3 is 5.32 Å². The molecular weight excluding hydrogens is 422 g/mol. The second-order valence-electron chi connectivity index (χ2n) is 9.65. The van der Waals surface area contributed by atoms with E-state index in [0.717, 1.165) is 19.0 Å². The van der Waals surface area contributed by atoms with Crippen LogP contribution in [0.25, 0.3) is 0 Å². The number of rotatable bonds is 0. The van der Waals surface area contributed by atoms with Crippen LogP contribution in [0.5, 0.6) is 0 Å². The Hall–Kier alpha value is 0.630. The molecule has 4 fully saturated rings. The van der Waals surface area contributed by atoms with E-state index in [0.29, 0.717) is 34.1 Å². The van der Waals surface area contributed by atoms with Crippen LogP contribution >= 0.6 is 27.9 Å². The molecule has 4 bridgehead atoms. The number of hydrogen-bond acceptors (Lipinski definition) is 6. The minimum atomic E-state index is 0.292. The third kappa shape index (κ3) is 5.22. The van der Waals surface area contributed by atoms with Gasteiger partial charge in [0.05, 0.1) is 22.7 Å². The third-order valence-corrected chi connectivity index (χ3v) is 8.75. The van der Waals surface area contributed by atoms with Gasteiger partial charge in [0.25, 0.3) is 0 Å². The van der Waals surface area contributed by atoms with Crippen molar-refractivity contribution in [3.05, 3.63) is 0 Å². The zero-order chi connectivity index (χ0) is 18.9.